The molecule has 4 rings (SSSR count). The molecular weight excluding hydrogens is 475 g/mol. The Kier molecular flexibility index (Phi) is 7.18. The predicted molar refractivity (Wildman–Crippen MR) is 133 cm³/mol. The minimum absolute atomic E-state index is 0.160. The molecule has 1 aromatic heterocycles. The number of thiocarbonyl (C=S) groups is 1. The van der Waals surface area contributed by atoms with Crippen LogP contribution in [-0.2, 0) is 9.59 Å². The van der Waals surface area contributed by atoms with Crippen molar-refractivity contribution in [2.75, 3.05) is 11.9 Å². The van der Waals surface area contributed by atoms with Gasteiger partial charge in [0.1, 0.15) is 10.1 Å². The number of halogens is 1. The van der Waals surface area contributed by atoms with Crippen LogP contribution in [0.1, 0.15) is 29.5 Å². The van der Waals surface area contributed by atoms with Gasteiger partial charge in [0.2, 0.25) is 11.7 Å². The van der Waals surface area contributed by atoms with E-state index in [1.54, 1.807) is 18.2 Å². The molecule has 0 unspecified atom stereocenters. The van der Waals surface area contributed by atoms with E-state index in [0.29, 0.717) is 33.4 Å². The Balaban J connectivity index is 1.34. The molecule has 34 heavy (non-hydrogen) atoms. The van der Waals surface area contributed by atoms with Gasteiger partial charge in [-0.2, -0.15) is 0 Å². The van der Waals surface area contributed by atoms with Crippen molar-refractivity contribution in [3.8, 4) is 11.3 Å². The fourth-order valence-corrected chi connectivity index (χ4v) is 4.74. The van der Waals surface area contributed by atoms with E-state index in [2.05, 4.69) is 15.6 Å². The summed E-state index contributed by atoms with van der Waals surface area (Å²) < 4.78 is 18.4. The van der Waals surface area contributed by atoms with Gasteiger partial charge in [0.15, 0.2) is 5.69 Å². The van der Waals surface area contributed by atoms with Gasteiger partial charge in [-0.25, -0.2) is 9.02 Å². The SMILES string of the molecule is Cc1ccc(C)c(-c2nonc2NC(=O)CCCN2C(=O)/C(=C/c3ccc(F)cc3)SC2=S)c1. The topological polar surface area (TPSA) is 88.3 Å². The maximum atomic E-state index is 13.1. The second kappa shape index (κ2) is 10.3. The minimum atomic E-state index is -0.342. The number of nitrogens with one attached hydrogen (secondary N) is 1. The van der Waals surface area contributed by atoms with Crippen LogP contribution in [0.2, 0.25) is 0 Å². The highest BCUT2D eigenvalue weighted by atomic mass is 32.2. The summed E-state index contributed by atoms with van der Waals surface area (Å²) in [7, 11) is 0. The van der Waals surface area contributed by atoms with E-state index in [4.69, 9.17) is 16.8 Å². The van der Waals surface area contributed by atoms with Crippen LogP contribution in [0.4, 0.5) is 10.2 Å². The molecule has 2 aromatic carbocycles. The molecule has 0 radical (unpaired) electrons. The molecule has 0 aliphatic carbocycles. The first-order valence-electron chi connectivity index (χ1n) is 10.5. The van der Waals surface area contributed by atoms with Crippen molar-refractivity contribution >= 4 is 52.0 Å². The van der Waals surface area contributed by atoms with E-state index in [1.807, 2.05) is 32.0 Å². The smallest absolute Gasteiger partial charge is 0.266 e. The Morgan fingerprint density at radius 2 is 1.97 bits per heavy atom. The molecule has 0 saturated carbocycles. The highest BCUT2D eigenvalue weighted by Crippen LogP contribution is 2.33. The van der Waals surface area contributed by atoms with Crippen LogP contribution in [0.3, 0.4) is 0 Å². The average Bonchev–Trinajstić information content (AvgIpc) is 3.36. The van der Waals surface area contributed by atoms with Crippen molar-refractivity contribution in [1.82, 2.24) is 15.2 Å². The Bertz CT molecular complexity index is 1290. The molecule has 0 spiro atoms. The van der Waals surface area contributed by atoms with Crippen LogP contribution in [0.25, 0.3) is 17.3 Å². The molecule has 2 amide bonds. The standard InChI is InChI=1S/C24H21FN4O3S2/c1-14-5-6-15(2)18(12-14)21-22(28-32-27-21)26-20(30)4-3-11-29-23(31)19(34-24(29)33)13-16-7-9-17(25)10-8-16/h5-10,12-13H,3-4,11H2,1-2H3,(H,26,28,30)/b19-13-. The first kappa shape index (κ1) is 23.8. The zero-order valence-electron chi connectivity index (χ0n) is 18.5. The van der Waals surface area contributed by atoms with Gasteiger partial charge in [0, 0.05) is 18.5 Å². The van der Waals surface area contributed by atoms with E-state index in [9.17, 15) is 14.0 Å². The predicted octanol–water partition coefficient (Wildman–Crippen LogP) is 5.11. The second-order valence-corrected chi connectivity index (χ2v) is 9.49. The molecule has 1 saturated heterocycles. The number of nitrogens with zero attached hydrogens (tertiary/aromatic N) is 3. The summed E-state index contributed by atoms with van der Waals surface area (Å²) in [6.45, 7) is 4.22. The zero-order valence-corrected chi connectivity index (χ0v) is 20.1. The summed E-state index contributed by atoms with van der Waals surface area (Å²) in [5.74, 6) is -0.579. The average molecular weight is 497 g/mol. The van der Waals surface area contributed by atoms with Gasteiger partial charge in [-0.1, -0.05) is 53.8 Å². The van der Waals surface area contributed by atoms with Gasteiger partial charge >= 0.3 is 0 Å². The summed E-state index contributed by atoms with van der Waals surface area (Å²) in [4.78, 5) is 27.2. The number of anilines is 1. The fraction of sp³-hybridized carbons (Fsp3) is 0.208. The molecule has 3 aromatic rings. The summed E-state index contributed by atoms with van der Waals surface area (Å²) in [6, 6.07) is 11.8. The van der Waals surface area contributed by atoms with Gasteiger partial charge in [0.05, 0.1) is 4.91 Å². The van der Waals surface area contributed by atoms with E-state index >= 15 is 0 Å². The van der Waals surface area contributed by atoms with Crippen molar-refractivity contribution in [3.63, 3.8) is 0 Å². The highest BCUT2D eigenvalue weighted by molar-refractivity contribution is 8.26. The Labute approximate surface area is 205 Å². The third-order valence-corrected chi connectivity index (χ3v) is 6.60. The highest BCUT2D eigenvalue weighted by Gasteiger charge is 2.31. The van der Waals surface area contributed by atoms with Crippen molar-refractivity contribution in [2.45, 2.75) is 26.7 Å². The second-order valence-electron chi connectivity index (χ2n) is 7.82. The Morgan fingerprint density at radius 1 is 1.21 bits per heavy atom. The van der Waals surface area contributed by atoms with E-state index < -0.39 is 0 Å². The molecule has 10 heteroatoms. The first-order valence-corrected chi connectivity index (χ1v) is 11.8. The van der Waals surface area contributed by atoms with Crippen molar-refractivity contribution in [3.05, 3.63) is 69.9 Å². The van der Waals surface area contributed by atoms with E-state index in [0.717, 1.165) is 16.7 Å². The lowest BCUT2D eigenvalue weighted by atomic mass is 10.0. The molecule has 0 atom stereocenters. The van der Waals surface area contributed by atoms with E-state index in [1.165, 1.54) is 28.8 Å². The van der Waals surface area contributed by atoms with Gasteiger partial charge < -0.3 is 5.32 Å². The molecule has 174 valence electrons. The van der Waals surface area contributed by atoms with Gasteiger partial charge in [-0.05, 0) is 66.0 Å². The number of rotatable bonds is 7. The van der Waals surface area contributed by atoms with Crippen molar-refractivity contribution in [1.29, 1.82) is 0 Å². The maximum Gasteiger partial charge on any atom is 0.266 e. The van der Waals surface area contributed by atoms with Crippen LogP contribution < -0.4 is 5.32 Å². The molecule has 1 fully saturated rings. The Morgan fingerprint density at radius 3 is 2.74 bits per heavy atom. The largest absolute Gasteiger partial charge is 0.306 e. The number of aryl methyl sites for hydroxylation is 2. The number of carbonyl (C=O) groups excluding carboxylic acids is 2. The summed E-state index contributed by atoms with van der Waals surface area (Å²) in [5.41, 5.74) is 4.05. The fourth-order valence-electron chi connectivity index (χ4n) is 3.43. The van der Waals surface area contributed by atoms with Gasteiger partial charge in [0.25, 0.3) is 5.91 Å². The van der Waals surface area contributed by atoms with E-state index in [-0.39, 0.29) is 29.9 Å². The first-order chi connectivity index (χ1) is 16.3. The number of hydrogen-bond donors (Lipinski definition) is 1. The molecule has 0 bridgehead atoms. The van der Waals surface area contributed by atoms with Crippen LogP contribution in [0.15, 0.2) is 52.0 Å². The third-order valence-electron chi connectivity index (χ3n) is 5.22. The van der Waals surface area contributed by atoms with Gasteiger partial charge in [-0.15, -0.1) is 0 Å². The number of carbonyl (C=O) groups is 2. The molecule has 2 heterocycles. The molecular formula is C24H21FN4O3S2. The van der Waals surface area contributed by atoms with Crippen LogP contribution in [0, 0.1) is 19.7 Å². The van der Waals surface area contributed by atoms with Gasteiger partial charge in [-0.3, -0.25) is 14.5 Å². The molecule has 1 aliphatic rings. The monoisotopic (exact) mass is 496 g/mol. The molecule has 1 aliphatic heterocycles. The van der Waals surface area contributed by atoms with Crippen molar-refractivity contribution < 1.29 is 18.6 Å². The number of aromatic nitrogens is 2. The van der Waals surface area contributed by atoms with Crippen LogP contribution >= 0.6 is 24.0 Å². The van der Waals surface area contributed by atoms with Crippen LogP contribution in [0.5, 0.6) is 0 Å². The lowest BCUT2D eigenvalue weighted by Gasteiger charge is -2.14. The lowest BCUT2D eigenvalue weighted by Crippen LogP contribution is -2.29. The molecule has 7 nitrogen and oxygen atoms in total. The molecule has 1 N–H and O–H groups in total. The normalized spacial score (nSPS) is 14.8. The quantitative estimate of drug-likeness (QED) is 0.359. The summed E-state index contributed by atoms with van der Waals surface area (Å²) in [5, 5.41) is 10.5. The zero-order chi connectivity index (χ0) is 24.2. The number of hydrogen-bond acceptors (Lipinski definition) is 7. The number of thioether (sulfide) groups is 1. The number of benzene rings is 2. The lowest BCUT2D eigenvalue weighted by molar-refractivity contribution is -0.122. The maximum absolute atomic E-state index is 13.1. The van der Waals surface area contributed by atoms with Crippen LogP contribution in [-0.4, -0.2) is 37.9 Å². The number of amides is 2. The Hall–Kier alpha value is -3.37. The third kappa shape index (κ3) is 5.40. The summed E-state index contributed by atoms with van der Waals surface area (Å²) in [6.07, 6.45) is 2.25. The van der Waals surface area contributed by atoms with Crippen molar-refractivity contribution in [2.24, 2.45) is 0 Å². The summed E-state index contributed by atoms with van der Waals surface area (Å²) >= 11 is 6.52. The minimum Gasteiger partial charge on any atom is -0.306 e.